The number of carbonyl (C=O) groups is 1. The lowest BCUT2D eigenvalue weighted by Gasteiger charge is -2.23. The van der Waals surface area contributed by atoms with E-state index in [0.717, 1.165) is 4.68 Å². The van der Waals surface area contributed by atoms with Crippen LogP contribution in [0.2, 0.25) is 0 Å². The number of nitrogens with zero attached hydrogens (tertiary/aromatic N) is 1. The second kappa shape index (κ2) is 5.20. The highest BCUT2D eigenvalue weighted by molar-refractivity contribution is 5.81. The van der Waals surface area contributed by atoms with Gasteiger partial charge in [0.25, 0.3) is 11.1 Å². The van der Waals surface area contributed by atoms with Gasteiger partial charge in [-0.2, -0.15) is 0 Å². The number of hydrogen-bond donors (Lipinski definition) is 1. The van der Waals surface area contributed by atoms with Crippen LogP contribution in [0.4, 0.5) is 0 Å². The Hall–Kier alpha value is -2.37. The Morgan fingerprint density at radius 1 is 1.19 bits per heavy atom. The van der Waals surface area contributed by atoms with Crippen LogP contribution >= 0.6 is 0 Å². The molecule has 21 heavy (non-hydrogen) atoms. The molecule has 2 rings (SSSR count). The number of fused-ring (bicyclic) bond motifs is 1. The summed E-state index contributed by atoms with van der Waals surface area (Å²) >= 11 is 0. The molecule has 0 saturated carbocycles. The number of carbonyl (C=O) groups excluding carboxylic acids is 1. The third-order valence-electron chi connectivity index (χ3n) is 2.98. The number of nitrogens with one attached hydrogen (secondary N) is 1. The lowest BCUT2D eigenvalue weighted by molar-refractivity contribution is -0.158. The highest BCUT2D eigenvalue weighted by atomic mass is 16.6. The van der Waals surface area contributed by atoms with Crippen LogP contribution in [0.5, 0.6) is 0 Å². The molecule has 0 fully saturated rings. The van der Waals surface area contributed by atoms with Gasteiger partial charge >= 0.3 is 5.97 Å². The molecule has 2 aromatic rings. The zero-order valence-corrected chi connectivity index (χ0v) is 12.5. The fourth-order valence-electron chi connectivity index (χ4n) is 1.98. The number of aromatic nitrogens is 2. The van der Waals surface area contributed by atoms with E-state index in [1.54, 1.807) is 45.0 Å². The molecular formula is C15H18N2O4. The SMILES string of the molecule is CC(C(=O)OC(C)(C)C)n1[nH]c(=O)c2ccccc2c1=O. The number of benzene rings is 1. The highest BCUT2D eigenvalue weighted by Crippen LogP contribution is 2.13. The summed E-state index contributed by atoms with van der Waals surface area (Å²) in [5.74, 6) is -0.574. The van der Waals surface area contributed by atoms with Crippen molar-refractivity contribution >= 4 is 16.7 Å². The number of hydrogen-bond acceptors (Lipinski definition) is 4. The number of aromatic amines is 1. The molecule has 112 valence electrons. The van der Waals surface area contributed by atoms with Crippen LogP contribution < -0.4 is 11.1 Å². The van der Waals surface area contributed by atoms with Crippen molar-refractivity contribution in [2.75, 3.05) is 0 Å². The van der Waals surface area contributed by atoms with E-state index in [1.807, 2.05) is 0 Å². The normalized spacial score (nSPS) is 13.1. The first-order valence-corrected chi connectivity index (χ1v) is 6.67. The van der Waals surface area contributed by atoms with Crippen molar-refractivity contribution in [1.82, 2.24) is 9.78 Å². The fourth-order valence-corrected chi connectivity index (χ4v) is 1.98. The zero-order valence-electron chi connectivity index (χ0n) is 12.5. The Labute approximate surface area is 121 Å². The smallest absolute Gasteiger partial charge is 0.331 e. The first kappa shape index (κ1) is 15.0. The van der Waals surface area contributed by atoms with Crippen LogP contribution in [0.15, 0.2) is 33.9 Å². The molecule has 0 aliphatic rings. The molecule has 1 atom stereocenters. The van der Waals surface area contributed by atoms with Crippen LogP contribution in [0, 0.1) is 0 Å². The van der Waals surface area contributed by atoms with Crippen LogP contribution in [0.3, 0.4) is 0 Å². The Balaban J connectivity index is 2.53. The predicted octanol–water partition coefficient (Wildman–Crippen LogP) is 1.59. The van der Waals surface area contributed by atoms with Gasteiger partial charge in [0.15, 0.2) is 0 Å². The van der Waals surface area contributed by atoms with Crippen molar-refractivity contribution in [1.29, 1.82) is 0 Å². The van der Waals surface area contributed by atoms with Gasteiger partial charge in [-0.05, 0) is 39.8 Å². The molecule has 1 aromatic carbocycles. The molecule has 6 nitrogen and oxygen atoms in total. The molecule has 6 heteroatoms. The maximum absolute atomic E-state index is 12.4. The van der Waals surface area contributed by atoms with Gasteiger partial charge in [-0.3, -0.25) is 14.7 Å². The van der Waals surface area contributed by atoms with Gasteiger partial charge in [-0.15, -0.1) is 0 Å². The molecule has 0 saturated heterocycles. The number of rotatable bonds is 2. The van der Waals surface area contributed by atoms with Crippen molar-refractivity contribution in [3.63, 3.8) is 0 Å². The van der Waals surface area contributed by atoms with Gasteiger partial charge in [0, 0.05) is 0 Å². The lowest BCUT2D eigenvalue weighted by Crippen LogP contribution is -2.37. The van der Waals surface area contributed by atoms with Gasteiger partial charge in [0.1, 0.15) is 11.6 Å². The molecule has 0 aliphatic heterocycles. The molecule has 1 heterocycles. The summed E-state index contributed by atoms with van der Waals surface area (Å²) in [4.78, 5) is 36.4. The summed E-state index contributed by atoms with van der Waals surface area (Å²) in [7, 11) is 0. The van der Waals surface area contributed by atoms with E-state index in [-0.39, 0.29) is 5.39 Å². The Bertz CT molecular complexity index is 796. The van der Waals surface area contributed by atoms with Crippen LogP contribution in [0.25, 0.3) is 10.8 Å². The molecule has 1 unspecified atom stereocenters. The number of ether oxygens (including phenoxy) is 1. The third-order valence-corrected chi connectivity index (χ3v) is 2.98. The van der Waals surface area contributed by atoms with Crippen molar-refractivity contribution in [3.8, 4) is 0 Å². The quantitative estimate of drug-likeness (QED) is 0.852. The average Bonchev–Trinajstić information content (AvgIpc) is 2.40. The second-order valence-corrected chi connectivity index (χ2v) is 5.87. The molecule has 0 bridgehead atoms. The molecule has 1 aromatic heterocycles. The van der Waals surface area contributed by atoms with E-state index in [9.17, 15) is 14.4 Å². The van der Waals surface area contributed by atoms with Crippen LogP contribution in [-0.4, -0.2) is 21.4 Å². The monoisotopic (exact) mass is 290 g/mol. The fraction of sp³-hybridized carbons (Fsp3) is 0.400. The van der Waals surface area contributed by atoms with E-state index in [2.05, 4.69) is 5.10 Å². The Morgan fingerprint density at radius 2 is 1.76 bits per heavy atom. The van der Waals surface area contributed by atoms with E-state index in [4.69, 9.17) is 4.74 Å². The highest BCUT2D eigenvalue weighted by Gasteiger charge is 2.24. The standard InChI is InChI=1S/C15H18N2O4/c1-9(14(20)21-15(2,3)4)17-13(19)11-8-6-5-7-10(11)12(18)16-17/h5-9H,1-4H3,(H,16,18). The first-order valence-electron chi connectivity index (χ1n) is 6.67. The number of H-pyrrole nitrogens is 1. The van der Waals surface area contributed by atoms with Crippen molar-refractivity contribution in [2.45, 2.75) is 39.3 Å². The zero-order chi connectivity index (χ0) is 15.8. The molecular weight excluding hydrogens is 272 g/mol. The van der Waals surface area contributed by atoms with E-state index in [0.29, 0.717) is 5.39 Å². The van der Waals surface area contributed by atoms with E-state index < -0.39 is 28.7 Å². The summed E-state index contributed by atoms with van der Waals surface area (Å²) in [6.07, 6.45) is 0. The summed E-state index contributed by atoms with van der Waals surface area (Å²) < 4.78 is 6.25. The predicted molar refractivity (Wildman–Crippen MR) is 79.4 cm³/mol. The second-order valence-electron chi connectivity index (χ2n) is 5.87. The Morgan fingerprint density at radius 3 is 2.33 bits per heavy atom. The first-order chi connectivity index (χ1) is 9.70. The Kier molecular flexibility index (Phi) is 3.72. The molecule has 0 amide bonds. The average molecular weight is 290 g/mol. The maximum Gasteiger partial charge on any atom is 0.331 e. The summed E-state index contributed by atoms with van der Waals surface area (Å²) in [6.45, 7) is 6.73. The largest absolute Gasteiger partial charge is 0.458 e. The van der Waals surface area contributed by atoms with E-state index in [1.165, 1.54) is 6.92 Å². The third kappa shape index (κ3) is 3.04. The van der Waals surface area contributed by atoms with Gasteiger partial charge in [0.2, 0.25) is 0 Å². The van der Waals surface area contributed by atoms with Gasteiger partial charge < -0.3 is 4.74 Å². The molecule has 0 radical (unpaired) electrons. The van der Waals surface area contributed by atoms with Crippen molar-refractivity contribution < 1.29 is 9.53 Å². The van der Waals surface area contributed by atoms with E-state index >= 15 is 0 Å². The maximum atomic E-state index is 12.4. The van der Waals surface area contributed by atoms with Crippen molar-refractivity contribution in [3.05, 3.63) is 45.0 Å². The van der Waals surface area contributed by atoms with Crippen LogP contribution in [-0.2, 0) is 9.53 Å². The number of esters is 1. The minimum Gasteiger partial charge on any atom is -0.458 e. The molecule has 0 aliphatic carbocycles. The van der Waals surface area contributed by atoms with Crippen molar-refractivity contribution in [2.24, 2.45) is 0 Å². The summed E-state index contributed by atoms with van der Waals surface area (Å²) in [5, 5.41) is 3.01. The topological polar surface area (TPSA) is 81.2 Å². The molecule has 0 spiro atoms. The van der Waals surface area contributed by atoms with Gasteiger partial charge in [-0.1, -0.05) is 12.1 Å². The minimum atomic E-state index is -0.908. The lowest BCUT2D eigenvalue weighted by atomic mass is 10.2. The van der Waals surface area contributed by atoms with Crippen LogP contribution in [0.1, 0.15) is 33.7 Å². The summed E-state index contributed by atoms with van der Waals surface area (Å²) in [5.41, 5.74) is -1.50. The van der Waals surface area contributed by atoms with Gasteiger partial charge in [0.05, 0.1) is 10.8 Å². The van der Waals surface area contributed by atoms with Gasteiger partial charge in [-0.25, -0.2) is 9.48 Å². The molecule has 1 N–H and O–H groups in total. The summed E-state index contributed by atoms with van der Waals surface area (Å²) in [6, 6.07) is 5.57. The minimum absolute atomic E-state index is 0.275.